The van der Waals surface area contributed by atoms with E-state index in [9.17, 15) is 4.79 Å². The van der Waals surface area contributed by atoms with Crippen LogP contribution in [-0.4, -0.2) is 12.1 Å². The van der Waals surface area contributed by atoms with Gasteiger partial charge in [0, 0.05) is 19.3 Å². The second-order valence-electron chi connectivity index (χ2n) is 4.85. The summed E-state index contributed by atoms with van der Waals surface area (Å²) in [5, 5.41) is 0. The zero-order chi connectivity index (χ0) is 12.5. The molecule has 0 saturated heterocycles. The Morgan fingerprint density at radius 1 is 1.35 bits per heavy atom. The first kappa shape index (κ1) is 14.1. The number of esters is 1. The van der Waals surface area contributed by atoms with E-state index < -0.39 is 0 Å². The fourth-order valence-electron chi connectivity index (χ4n) is 2.30. The number of hydrogen-bond donors (Lipinski definition) is 0. The molecule has 0 bridgehead atoms. The molecule has 0 aliphatic heterocycles. The van der Waals surface area contributed by atoms with Crippen LogP contribution in [0.2, 0.25) is 0 Å². The van der Waals surface area contributed by atoms with Gasteiger partial charge in [-0.15, -0.1) is 0 Å². The van der Waals surface area contributed by atoms with E-state index in [1.807, 2.05) is 0 Å². The summed E-state index contributed by atoms with van der Waals surface area (Å²) in [4.78, 5) is 11.1. The van der Waals surface area contributed by atoms with Crippen molar-refractivity contribution in [3.05, 3.63) is 0 Å². The molecule has 0 radical (unpaired) electrons. The molecule has 1 aliphatic rings. The highest BCUT2D eigenvalue weighted by Crippen LogP contribution is 2.27. The standard InChI is InChI=1S/C15H24O2/c1-3-4-5-9-12-15(17-13(2)16)14-10-7-6-8-11-14/h14-15H,3-8,10-11H2,1-2H3. The lowest BCUT2D eigenvalue weighted by atomic mass is 9.85. The van der Waals surface area contributed by atoms with Crippen molar-refractivity contribution in [3.8, 4) is 11.8 Å². The number of ether oxygens (including phenoxy) is 1. The van der Waals surface area contributed by atoms with Crippen molar-refractivity contribution in [2.24, 2.45) is 5.92 Å². The van der Waals surface area contributed by atoms with Crippen LogP contribution in [0.15, 0.2) is 0 Å². The van der Waals surface area contributed by atoms with E-state index in [1.165, 1.54) is 26.2 Å². The summed E-state index contributed by atoms with van der Waals surface area (Å²) in [5.74, 6) is 6.58. The van der Waals surface area contributed by atoms with Gasteiger partial charge in [-0.05, 0) is 19.3 Å². The number of hydrogen-bond acceptors (Lipinski definition) is 2. The Labute approximate surface area is 105 Å². The zero-order valence-corrected chi connectivity index (χ0v) is 11.1. The number of unbranched alkanes of at least 4 members (excludes halogenated alkanes) is 2. The van der Waals surface area contributed by atoms with Gasteiger partial charge < -0.3 is 4.74 Å². The Hall–Kier alpha value is -0.970. The fourth-order valence-corrected chi connectivity index (χ4v) is 2.30. The van der Waals surface area contributed by atoms with Crippen LogP contribution in [0.4, 0.5) is 0 Å². The molecule has 0 N–H and O–H groups in total. The highest BCUT2D eigenvalue weighted by Gasteiger charge is 2.24. The maximum absolute atomic E-state index is 11.1. The third kappa shape index (κ3) is 5.77. The minimum absolute atomic E-state index is 0.162. The first-order valence-electron chi connectivity index (χ1n) is 6.89. The highest BCUT2D eigenvalue weighted by molar-refractivity contribution is 5.66. The van der Waals surface area contributed by atoms with Gasteiger partial charge in [-0.2, -0.15) is 0 Å². The molecular weight excluding hydrogens is 212 g/mol. The first-order valence-corrected chi connectivity index (χ1v) is 6.89. The SMILES string of the molecule is CCCCC#CC(OC(C)=O)C1CCCCC1. The summed E-state index contributed by atoms with van der Waals surface area (Å²) in [5.41, 5.74) is 0. The zero-order valence-electron chi connectivity index (χ0n) is 11.1. The number of rotatable bonds is 4. The molecule has 1 unspecified atom stereocenters. The molecular formula is C15H24O2. The number of carbonyl (C=O) groups excluding carboxylic acids is 1. The van der Waals surface area contributed by atoms with Gasteiger partial charge in [-0.25, -0.2) is 0 Å². The lowest BCUT2D eigenvalue weighted by Crippen LogP contribution is -2.26. The van der Waals surface area contributed by atoms with Gasteiger partial charge in [-0.1, -0.05) is 44.4 Å². The minimum Gasteiger partial charge on any atom is -0.449 e. The summed E-state index contributed by atoms with van der Waals surface area (Å²) in [6, 6.07) is 0. The molecule has 96 valence electrons. The molecule has 1 aliphatic carbocycles. The summed E-state index contributed by atoms with van der Waals surface area (Å²) < 4.78 is 5.36. The van der Waals surface area contributed by atoms with Crippen molar-refractivity contribution >= 4 is 5.97 Å². The Morgan fingerprint density at radius 2 is 2.06 bits per heavy atom. The summed E-state index contributed by atoms with van der Waals surface area (Å²) in [6.45, 7) is 3.63. The predicted octanol–water partition coefficient (Wildman–Crippen LogP) is 3.69. The van der Waals surface area contributed by atoms with Gasteiger partial charge in [0.1, 0.15) is 0 Å². The molecule has 0 aromatic heterocycles. The van der Waals surface area contributed by atoms with E-state index in [-0.39, 0.29) is 12.1 Å². The molecule has 0 heterocycles. The largest absolute Gasteiger partial charge is 0.449 e. The second-order valence-corrected chi connectivity index (χ2v) is 4.85. The molecule has 17 heavy (non-hydrogen) atoms. The van der Waals surface area contributed by atoms with Gasteiger partial charge in [-0.3, -0.25) is 4.79 Å². The molecule has 0 aromatic rings. The van der Waals surface area contributed by atoms with Crippen LogP contribution < -0.4 is 0 Å². The van der Waals surface area contributed by atoms with Gasteiger partial charge >= 0.3 is 5.97 Å². The van der Waals surface area contributed by atoms with Crippen LogP contribution in [0.1, 0.15) is 65.2 Å². The van der Waals surface area contributed by atoms with Crippen LogP contribution in [0.5, 0.6) is 0 Å². The minimum atomic E-state index is -0.203. The van der Waals surface area contributed by atoms with Crippen LogP contribution in [-0.2, 0) is 9.53 Å². The Morgan fingerprint density at radius 3 is 2.65 bits per heavy atom. The molecule has 1 saturated carbocycles. The van der Waals surface area contributed by atoms with Crippen molar-refractivity contribution in [2.75, 3.05) is 0 Å². The van der Waals surface area contributed by atoms with Crippen molar-refractivity contribution in [2.45, 2.75) is 71.3 Å². The lowest BCUT2D eigenvalue weighted by Gasteiger charge is -2.26. The summed E-state index contributed by atoms with van der Waals surface area (Å²) in [6.07, 6.45) is 9.16. The summed E-state index contributed by atoms with van der Waals surface area (Å²) >= 11 is 0. The predicted molar refractivity (Wildman–Crippen MR) is 69.4 cm³/mol. The average Bonchev–Trinajstić information content (AvgIpc) is 2.34. The van der Waals surface area contributed by atoms with E-state index in [0.717, 1.165) is 32.1 Å². The van der Waals surface area contributed by atoms with Crippen molar-refractivity contribution in [1.82, 2.24) is 0 Å². The fraction of sp³-hybridized carbons (Fsp3) is 0.800. The highest BCUT2D eigenvalue weighted by atomic mass is 16.5. The second kappa shape index (κ2) is 8.17. The smallest absolute Gasteiger partial charge is 0.303 e. The average molecular weight is 236 g/mol. The van der Waals surface area contributed by atoms with Gasteiger partial charge in [0.2, 0.25) is 0 Å². The molecule has 0 amide bonds. The molecule has 1 atom stereocenters. The Bertz CT molecular complexity index is 279. The van der Waals surface area contributed by atoms with E-state index in [1.54, 1.807) is 0 Å². The topological polar surface area (TPSA) is 26.3 Å². The third-order valence-corrected chi connectivity index (χ3v) is 3.27. The molecule has 2 heteroatoms. The normalized spacial score (nSPS) is 18.0. The Kier molecular flexibility index (Phi) is 6.77. The van der Waals surface area contributed by atoms with Crippen LogP contribution >= 0.6 is 0 Å². The van der Waals surface area contributed by atoms with Crippen LogP contribution in [0, 0.1) is 17.8 Å². The molecule has 0 spiro atoms. The molecule has 1 fully saturated rings. The van der Waals surface area contributed by atoms with Crippen molar-refractivity contribution in [1.29, 1.82) is 0 Å². The maximum atomic E-state index is 11.1. The monoisotopic (exact) mass is 236 g/mol. The van der Waals surface area contributed by atoms with E-state index >= 15 is 0 Å². The number of carbonyl (C=O) groups is 1. The van der Waals surface area contributed by atoms with E-state index in [0.29, 0.717) is 5.92 Å². The van der Waals surface area contributed by atoms with E-state index in [4.69, 9.17) is 4.74 Å². The quantitative estimate of drug-likeness (QED) is 0.423. The maximum Gasteiger partial charge on any atom is 0.303 e. The lowest BCUT2D eigenvalue weighted by molar-refractivity contribution is -0.146. The Balaban J connectivity index is 2.51. The van der Waals surface area contributed by atoms with Crippen LogP contribution in [0.25, 0.3) is 0 Å². The van der Waals surface area contributed by atoms with E-state index in [2.05, 4.69) is 18.8 Å². The third-order valence-electron chi connectivity index (χ3n) is 3.27. The molecule has 0 aromatic carbocycles. The van der Waals surface area contributed by atoms with Gasteiger partial charge in [0.05, 0.1) is 0 Å². The van der Waals surface area contributed by atoms with Gasteiger partial charge in [0.25, 0.3) is 0 Å². The summed E-state index contributed by atoms with van der Waals surface area (Å²) in [7, 11) is 0. The molecule has 1 rings (SSSR count). The van der Waals surface area contributed by atoms with Gasteiger partial charge in [0.15, 0.2) is 6.10 Å². The van der Waals surface area contributed by atoms with Crippen molar-refractivity contribution in [3.63, 3.8) is 0 Å². The molecule has 2 nitrogen and oxygen atoms in total. The first-order chi connectivity index (χ1) is 8.24. The van der Waals surface area contributed by atoms with Crippen molar-refractivity contribution < 1.29 is 9.53 Å². The van der Waals surface area contributed by atoms with Crippen LogP contribution in [0.3, 0.4) is 0 Å².